The van der Waals surface area contributed by atoms with E-state index in [0.29, 0.717) is 0 Å². The maximum atomic E-state index is 13.0. The predicted molar refractivity (Wildman–Crippen MR) is 129 cm³/mol. The van der Waals surface area contributed by atoms with Crippen LogP contribution in [0.2, 0.25) is 5.02 Å². The lowest BCUT2D eigenvalue weighted by atomic mass is 10.1. The first-order chi connectivity index (χ1) is 14.4. The van der Waals surface area contributed by atoms with Gasteiger partial charge in [0.25, 0.3) is 0 Å². The first kappa shape index (κ1) is 27.9. The molecular formula is C18H16Cl6F3N3OS. The van der Waals surface area contributed by atoms with E-state index in [0.717, 1.165) is 18.2 Å². The van der Waals surface area contributed by atoms with Crippen molar-refractivity contribution in [3.63, 3.8) is 0 Å². The van der Waals surface area contributed by atoms with Crippen molar-refractivity contribution in [3.05, 3.63) is 39.4 Å². The molecule has 1 aromatic rings. The van der Waals surface area contributed by atoms with Crippen LogP contribution in [0.25, 0.3) is 0 Å². The quantitative estimate of drug-likeness (QED) is 0.195. The molecule has 0 bridgehead atoms. The van der Waals surface area contributed by atoms with E-state index in [9.17, 15) is 18.0 Å². The SMILES string of the molecule is CC1(C)[C@@H](C=C(Cl)Cl)[C@@H]1C(=O)N[C@H](NC(=S)Nc1cc(C(F)(F)F)ccc1Cl)C(Cl)(Cl)Cl. The zero-order chi connectivity index (χ0) is 24.6. The minimum absolute atomic E-state index is 0.0241. The molecule has 1 aliphatic rings. The predicted octanol–water partition coefficient (Wildman–Crippen LogP) is 7.05. The van der Waals surface area contributed by atoms with Crippen molar-refractivity contribution in [3.8, 4) is 0 Å². The second-order valence-corrected chi connectivity index (χ2v) is 11.7. The summed E-state index contributed by atoms with van der Waals surface area (Å²) in [6.45, 7) is 3.68. The minimum atomic E-state index is -4.59. The molecule has 32 heavy (non-hydrogen) atoms. The summed E-state index contributed by atoms with van der Waals surface area (Å²) in [5.74, 6) is -1.21. The third-order valence-electron chi connectivity index (χ3n) is 4.93. The second-order valence-electron chi connectivity index (χ2n) is 7.56. The molecule has 0 spiro atoms. The van der Waals surface area contributed by atoms with Gasteiger partial charge < -0.3 is 16.0 Å². The van der Waals surface area contributed by atoms with Gasteiger partial charge in [-0.05, 0) is 47.8 Å². The summed E-state index contributed by atoms with van der Waals surface area (Å²) >= 11 is 40.3. The van der Waals surface area contributed by atoms with Gasteiger partial charge in [0, 0.05) is 0 Å². The van der Waals surface area contributed by atoms with Crippen molar-refractivity contribution in [2.45, 2.75) is 30.0 Å². The number of benzene rings is 1. The number of carbonyl (C=O) groups is 1. The highest BCUT2D eigenvalue weighted by atomic mass is 35.6. The van der Waals surface area contributed by atoms with E-state index in [1.54, 1.807) is 6.08 Å². The number of thiocarbonyl (C=S) groups is 1. The number of nitrogens with one attached hydrogen (secondary N) is 3. The Kier molecular flexibility index (Phi) is 8.80. The number of hydrogen-bond donors (Lipinski definition) is 3. The summed E-state index contributed by atoms with van der Waals surface area (Å²) in [6.07, 6.45) is -4.36. The van der Waals surface area contributed by atoms with Gasteiger partial charge in [0.15, 0.2) is 5.11 Å². The number of allylic oxidation sites excluding steroid dienone is 1. The number of alkyl halides is 6. The van der Waals surface area contributed by atoms with Gasteiger partial charge in [0.1, 0.15) is 10.7 Å². The van der Waals surface area contributed by atoms with E-state index in [4.69, 9.17) is 81.8 Å². The van der Waals surface area contributed by atoms with Gasteiger partial charge in [-0.15, -0.1) is 0 Å². The molecule has 2 rings (SSSR count). The fourth-order valence-electron chi connectivity index (χ4n) is 3.14. The number of amides is 1. The monoisotopic (exact) mass is 589 g/mol. The molecule has 3 atom stereocenters. The van der Waals surface area contributed by atoms with Crippen molar-refractivity contribution in [2.75, 3.05) is 5.32 Å². The third-order valence-corrected chi connectivity index (χ3v) is 6.39. The molecule has 1 fully saturated rings. The molecular weight excluding hydrogens is 576 g/mol. The van der Waals surface area contributed by atoms with Crippen molar-refractivity contribution >= 4 is 98.5 Å². The second kappa shape index (κ2) is 10.1. The minimum Gasteiger partial charge on any atom is -0.339 e. The Balaban J connectivity index is 2.13. The fourth-order valence-corrected chi connectivity index (χ4v) is 4.14. The molecule has 178 valence electrons. The lowest BCUT2D eigenvalue weighted by molar-refractivity contribution is -0.137. The van der Waals surface area contributed by atoms with Crippen molar-refractivity contribution in [1.82, 2.24) is 10.6 Å². The van der Waals surface area contributed by atoms with Crippen LogP contribution in [0.4, 0.5) is 18.9 Å². The van der Waals surface area contributed by atoms with Crippen LogP contribution < -0.4 is 16.0 Å². The van der Waals surface area contributed by atoms with Crippen LogP contribution in [0.3, 0.4) is 0 Å². The Labute approximate surface area is 218 Å². The molecule has 0 aliphatic heterocycles. The van der Waals surface area contributed by atoms with E-state index >= 15 is 0 Å². The summed E-state index contributed by atoms with van der Waals surface area (Å²) in [5.41, 5.74) is -1.51. The molecule has 3 N–H and O–H groups in total. The lowest BCUT2D eigenvalue weighted by Crippen LogP contribution is -2.56. The highest BCUT2D eigenvalue weighted by Crippen LogP contribution is 2.59. The number of halogens is 9. The van der Waals surface area contributed by atoms with Gasteiger partial charge >= 0.3 is 6.18 Å². The standard InChI is InChI=1S/C18H16Cl6F3N3OS/c1-16(2)8(6-11(20)21)12(16)13(31)29-14(17(22,23)24)30-15(32)28-10-5-7(18(25,26)27)3-4-9(10)19/h3-6,8,12,14H,1-2H3,(H,29,31)(H2,28,30,32)/t8-,12+,14+/m0/s1. The first-order valence-electron chi connectivity index (χ1n) is 8.78. The van der Waals surface area contributed by atoms with Crippen LogP contribution in [0.1, 0.15) is 19.4 Å². The maximum Gasteiger partial charge on any atom is 0.416 e. The average Bonchev–Trinajstić information content (AvgIpc) is 3.13. The van der Waals surface area contributed by atoms with E-state index in [-0.39, 0.29) is 26.2 Å². The van der Waals surface area contributed by atoms with Crippen LogP contribution in [0.15, 0.2) is 28.8 Å². The van der Waals surface area contributed by atoms with Gasteiger partial charge in [-0.1, -0.05) is 83.5 Å². The summed E-state index contributed by atoms with van der Waals surface area (Å²) in [5, 5.41) is 7.36. The Morgan fingerprint density at radius 3 is 2.28 bits per heavy atom. The normalized spacial score (nSPS) is 20.7. The summed E-state index contributed by atoms with van der Waals surface area (Å²) in [7, 11) is 0. The average molecular weight is 592 g/mol. The summed E-state index contributed by atoms with van der Waals surface area (Å²) in [4.78, 5) is 12.8. The van der Waals surface area contributed by atoms with E-state index in [2.05, 4.69) is 16.0 Å². The molecule has 14 heteroatoms. The van der Waals surface area contributed by atoms with Crippen LogP contribution in [-0.4, -0.2) is 21.0 Å². The van der Waals surface area contributed by atoms with Gasteiger partial charge in [0.2, 0.25) is 9.70 Å². The Morgan fingerprint density at radius 1 is 1.19 bits per heavy atom. The van der Waals surface area contributed by atoms with Crippen LogP contribution >= 0.6 is 81.8 Å². The van der Waals surface area contributed by atoms with Gasteiger partial charge in [-0.3, -0.25) is 4.79 Å². The van der Waals surface area contributed by atoms with E-state index < -0.39 is 38.9 Å². The molecule has 1 amide bonds. The molecule has 0 unspecified atom stereocenters. The molecule has 0 saturated heterocycles. The van der Waals surface area contributed by atoms with Crippen molar-refractivity contribution in [1.29, 1.82) is 0 Å². The Bertz CT molecular complexity index is 932. The molecule has 4 nitrogen and oxygen atoms in total. The van der Waals surface area contributed by atoms with Gasteiger partial charge in [-0.2, -0.15) is 13.2 Å². The van der Waals surface area contributed by atoms with Crippen LogP contribution in [0, 0.1) is 17.3 Å². The molecule has 1 aliphatic carbocycles. The fraction of sp³-hybridized carbons (Fsp3) is 0.444. The van der Waals surface area contributed by atoms with E-state index in [1.165, 1.54) is 0 Å². The Hall–Kier alpha value is -0.350. The van der Waals surface area contributed by atoms with Gasteiger partial charge in [-0.25, -0.2) is 0 Å². The summed E-state index contributed by atoms with van der Waals surface area (Å²) in [6, 6.07) is 2.66. The zero-order valence-corrected chi connectivity index (χ0v) is 21.6. The largest absolute Gasteiger partial charge is 0.416 e. The topological polar surface area (TPSA) is 53.2 Å². The number of anilines is 1. The molecule has 0 aromatic heterocycles. The molecule has 0 radical (unpaired) electrons. The highest BCUT2D eigenvalue weighted by Gasteiger charge is 2.61. The van der Waals surface area contributed by atoms with Crippen LogP contribution in [0.5, 0.6) is 0 Å². The maximum absolute atomic E-state index is 13.0. The van der Waals surface area contributed by atoms with Crippen molar-refractivity contribution < 1.29 is 18.0 Å². The van der Waals surface area contributed by atoms with E-state index in [1.807, 2.05) is 13.8 Å². The Morgan fingerprint density at radius 2 is 1.78 bits per heavy atom. The van der Waals surface area contributed by atoms with Crippen molar-refractivity contribution in [2.24, 2.45) is 17.3 Å². The smallest absolute Gasteiger partial charge is 0.339 e. The third kappa shape index (κ3) is 7.08. The molecule has 1 aromatic carbocycles. The molecule has 0 heterocycles. The number of rotatable bonds is 5. The number of hydrogen-bond acceptors (Lipinski definition) is 2. The number of carbonyl (C=O) groups excluding carboxylic acids is 1. The van der Waals surface area contributed by atoms with Crippen LogP contribution in [-0.2, 0) is 11.0 Å². The molecule has 1 saturated carbocycles. The summed E-state index contributed by atoms with van der Waals surface area (Å²) < 4.78 is 36.8. The highest BCUT2D eigenvalue weighted by molar-refractivity contribution is 7.80. The first-order valence-corrected chi connectivity index (χ1v) is 11.5. The van der Waals surface area contributed by atoms with Gasteiger partial charge in [0.05, 0.1) is 22.2 Å². The zero-order valence-electron chi connectivity index (χ0n) is 16.3. The lowest BCUT2D eigenvalue weighted by Gasteiger charge is -2.28.